The summed E-state index contributed by atoms with van der Waals surface area (Å²) in [7, 11) is 0. The number of aromatic nitrogens is 1. The summed E-state index contributed by atoms with van der Waals surface area (Å²) < 4.78 is 5.39. The molecule has 0 fully saturated rings. The van der Waals surface area contributed by atoms with E-state index < -0.39 is 0 Å². The van der Waals surface area contributed by atoms with Crippen LogP contribution in [-0.2, 0) is 0 Å². The van der Waals surface area contributed by atoms with Gasteiger partial charge in [-0.15, -0.1) is 0 Å². The van der Waals surface area contributed by atoms with E-state index in [-0.39, 0.29) is 11.8 Å². The molecule has 0 saturated carbocycles. The number of nitrogens with zero attached hydrogens (tertiary/aromatic N) is 1. The fraction of sp³-hybridized carbons (Fsp3) is 0.174. The first-order valence-corrected chi connectivity index (χ1v) is 9.34. The molecule has 1 aromatic heterocycles. The second kappa shape index (κ2) is 9.01. The molecule has 0 atom stereocenters. The van der Waals surface area contributed by atoms with Gasteiger partial charge >= 0.3 is 0 Å². The van der Waals surface area contributed by atoms with Crippen molar-refractivity contribution >= 4 is 23.2 Å². The highest BCUT2D eigenvalue weighted by Gasteiger charge is 2.13. The maximum absolute atomic E-state index is 12.7. The summed E-state index contributed by atoms with van der Waals surface area (Å²) in [4.78, 5) is 29.3. The minimum absolute atomic E-state index is 0.299. The van der Waals surface area contributed by atoms with Crippen molar-refractivity contribution in [2.75, 3.05) is 17.2 Å². The number of rotatable bonds is 6. The van der Waals surface area contributed by atoms with Gasteiger partial charge in [0.1, 0.15) is 5.75 Å². The molecular formula is C23H23N3O3. The number of hydrogen-bond acceptors (Lipinski definition) is 4. The number of carbonyl (C=O) groups is 2. The molecule has 29 heavy (non-hydrogen) atoms. The van der Waals surface area contributed by atoms with Crippen molar-refractivity contribution in [3.8, 4) is 5.75 Å². The van der Waals surface area contributed by atoms with Gasteiger partial charge in [-0.2, -0.15) is 0 Å². The summed E-state index contributed by atoms with van der Waals surface area (Å²) >= 11 is 0. The third-order valence-corrected chi connectivity index (χ3v) is 4.41. The summed E-state index contributed by atoms with van der Waals surface area (Å²) in [5.41, 5.74) is 3.94. The van der Waals surface area contributed by atoms with E-state index in [0.717, 1.165) is 22.6 Å². The van der Waals surface area contributed by atoms with Crippen LogP contribution in [0.5, 0.6) is 5.75 Å². The molecular weight excluding hydrogens is 366 g/mol. The summed E-state index contributed by atoms with van der Waals surface area (Å²) in [6, 6.07) is 14.4. The quantitative estimate of drug-likeness (QED) is 0.646. The van der Waals surface area contributed by atoms with Crippen LogP contribution in [0, 0.1) is 13.8 Å². The molecule has 0 spiro atoms. The van der Waals surface area contributed by atoms with Crippen LogP contribution in [0.4, 0.5) is 11.4 Å². The van der Waals surface area contributed by atoms with E-state index in [1.165, 1.54) is 18.5 Å². The van der Waals surface area contributed by atoms with Gasteiger partial charge in [-0.1, -0.05) is 18.2 Å². The lowest BCUT2D eigenvalue weighted by Crippen LogP contribution is -2.17. The van der Waals surface area contributed by atoms with Crippen LogP contribution >= 0.6 is 0 Å². The second-order valence-corrected chi connectivity index (χ2v) is 6.59. The molecule has 2 N–H and O–H groups in total. The number of carbonyl (C=O) groups excluding carboxylic acids is 2. The lowest BCUT2D eigenvalue weighted by Gasteiger charge is -2.12. The zero-order chi connectivity index (χ0) is 20.8. The van der Waals surface area contributed by atoms with Gasteiger partial charge in [0, 0.05) is 23.8 Å². The smallest absolute Gasteiger partial charge is 0.257 e. The predicted molar refractivity (Wildman–Crippen MR) is 114 cm³/mol. The van der Waals surface area contributed by atoms with Gasteiger partial charge in [0.05, 0.1) is 17.7 Å². The summed E-state index contributed by atoms with van der Waals surface area (Å²) in [6.45, 7) is 6.35. The zero-order valence-electron chi connectivity index (χ0n) is 16.7. The van der Waals surface area contributed by atoms with Gasteiger partial charge < -0.3 is 15.4 Å². The van der Waals surface area contributed by atoms with Gasteiger partial charge in [0.15, 0.2) is 0 Å². The SMILES string of the molecule is CCOc1ccc(NC(=O)c2cncc(C(=O)Nc3c(C)cccc3C)c2)cc1. The Labute approximate surface area is 169 Å². The van der Waals surface area contributed by atoms with Gasteiger partial charge in [-0.3, -0.25) is 14.6 Å². The first kappa shape index (κ1) is 20.1. The Morgan fingerprint density at radius 3 is 2.07 bits per heavy atom. The second-order valence-electron chi connectivity index (χ2n) is 6.59. The standard InChI is InChI=1S/C23H23N3O3/c1-4-29-20-10-8-19(9-11-20)25-22(27)17-12-18(14-24-13-17)23(28)26-21-15(2)6-5-7-16(21)3/h5-14H,4H2,1-3H3,(H,25,27)(H,26,28). The third kappa shape index (κ3) is 4.99. The predicted octanol–water partition coefficient (Wildman–Crippen LogP) is 4.60. The maximum atomic E-state index is 12.7. The Morgan fingerprint density at radius 2 is 1.48 bits per heavy atom. The molecule has 3 aromatic rings. The van der Waals surface area contributed by atoms with Crippen LogP contribution < -0.4 is 15.4 Å². The molecule has 148 valence electrons. The Bertz CT molecular complexity index is 1010. The van der Waals surface area contributed by atoms with E-state index in [1.807, 2.05) is 39.0 Å². The monoisotopic (exact) mass is 389 g/mol. The number of aryl methyl sites for hydroxylation is 2. The molecule has 1 heterocycles. The van der Waals surface area contributed by atoms with Crippen LogP contribution in [0.25, 0.3) is 0 Å². The summed E-state index contributed by atoms with van der Waals surface area (Å²) in [6.07, 6.45) is 2.87. The first-order chi connectivity index (χ1) is 14.0. The Morgan fingerprint density at radius 1 is 0.897 bits per heavy atom. The largest absolute Gasteiger partial charge is 0.494 e. The molecule has 3 rings (SSSR count). The van der Waals surface area contributed by atoms with Gasteiger partial charge in [-0.25, -0.2) is 0 Å². The average molecular weight is 389 g/mol. The minimum Gasteiger partial charge on any atom is -0.494 e. The number of pyridine rings is 1. The number of ether oxygens (including phenoxy) is 1. The van der Waals surface area contributed by atoms with Crippen molar-refractivity contribution in [3.05, 3.63) is 83.2 Å². The average Bonchev–Trinajstić information content (AvgIpc) is 2.72. The van der Waals surface area contributed by atoms with Crippen LogP contribution in [0.1, 0.15) is 38.8 Å². The van der Waals surface area contributed by atoms with Crippen molar-refractivity contribution < 1.29 is 14.3 Å². The highest BCUT2D eigenvalue weighted by Crippen LogP contribution is 2.21. The molecule has 2 aromatic carbocycles. The van der Waals surface area contributed by atoms with Crippen LogP contribution in [0.15, 0.2) is 60.9 Å². The summed E-state index contributed by atoms with van der Waals surface area (Å²) in [5, 5.41) is 5.70. The first-order valence-electron chi connectivity index (χ1n) is 9.34. The van der Waals surface area contributed by atoms with E-state index in [1.54, 1.807) is 24.3 Å². The Kier molecular flexibility index (Phi) is 6.24. The van der Waals surface area contributed by atoms with Crippen molar-refractivity contribution in [1.29, 1.82) is 0 Å². The number of para-hydroxylation sites is 1. The van der Waals surface area contributed by atoms with Crippen molar-refractivity contribution in [1.82, 2.24) is 4.98 Å². The fourth-order valence-electron chi connectivity index (χ4n) is 2.89. The van der Waals surface area contributed by atoms with Gasteiger partial charge in [-0.05, 0) is 62.2 Å². The molecule has 2 amide bonds. The molecule has 6 nitrogen and oxygen atoms in total. The number of anilines is 2. The zero-order valence-corrected chi connectivity index (χ0v) is 16.7. The minimum atomic E-state index is -0.344. The Hall–Kier alpha value is -3.67. The molecule has 0 aliphatic heterocycles. The molecule has 0 aliphatic rings. The molecule has 0 radical (unpaired) electrons. The lowest BCUT2D eigenvalue weighted by molar-refractivity contribution is 0.102. The molecule has 0 unspecified atom stereocenters. The van der Waals surface area contributed by atoms with Crippen LogP contribution in [0.3, 0.4) is 0 Å². The third-order valence-electron chi connectivity index (χ3n) is 4.41. The topological polar surface area (TPSA) is 80.3 Å². The fourth-order valence-corrected chi connectivity index (χ4v) is 2.89. The molecule has 0 bridgehead atoms. The summed E-state index contributed by atoms with van der Waals surface area (Å²) in [5.74, 6) is 0.0753. The van der Waals surface area contributed by atoms with Crippen molar-refractivity contribution in [3.63, 3.8) is 0 Å². The number of nitrogens with one attached hydrogen (secondary N) is 2. The van der Waals surface area contributed by atoms with Crippen molar-refractivity contribution in [2.45, 2.75) is 20.8 Å². The number of hydrogen-bond donors (Lipinski definition) is 2. The normalized spacial score (nSPS) is 10.3. The van der Waals surface area contributed by atoms with E-state index in [4.69, 9.17) is 4.74 Å². The maximum Gasteiger partial charge on any atom is 0.257 e. The molecule has 6 heteroatoms. The highest BCUT2D eigenvalue weighted by atomic mass is 16.5. The van der Waals surface area contributed by atoms with Gasteiger partial charge in [0.2, 0.25) is 0 Å². The number of amides is 2. The van der Waals surface area contributed by atoms with Crippen LogP contribution in [0.2, 0.25) is 0 Å². The van der Waals surface area contributed by atoms with Crippen LogP contribution in [-0.4, -0.2) is 23.4 Å². The van der Waals surface area contributed by atoms with Crippen molar-refractivity contribution in [2.24, 2.45) is 0 Å². The van der Waals surface area contributed by atoms with E-state index >= 15 is 0 Å². The number of benzene rings is 2. The highest BCUT2D eigenvalue weighted by molar-refractivity contribution is 6.08. The molecule has 0 saturated heterocycles. The lowest BCUT2D eigenvalue weighted by atomic mass is 10.1. The van der Waals surface area contributed by atoms with E-state index in [0.29, 0.717) is 23.4 Å². The molecule has 0 aliphatic carbocycles. The Balaban J connectivity index is 1.73. The van der Waals surface area contributed by atoms with E-state index in [9.17, 15) is 9.59 Å². The van der Waals surface area contributed by atoms with E-state index in [2.05, 4.69) is 15.6 Å². The van der Waals surface area contributed by atoms with Gasteiger partial charge in [0.25, 0.3) is 11.8 Å².